The number of hydrogen-bond acceptors (Lipinski definition) is 7. The van der Waals surface area contributed by atoms with Gasteiger partial charge in [-0.05, 0) is 80.5 Å². The number of fused-ring (bicyclic) bond motifs is 2. The summed E-state index contributed by atoms with van der Waals surface area (Å²) < 4.78 is 4.13. The second-order valence-electron chi connectivity index (χ2n) is 10.5. The molecule has 6 rings (SSSR count). The van der Waals surface area contributed by atoms with E-state index in [0.717, 1.165) is 57.0 Å². The van der Waals surface area contributed by atoms with Gasteiger partial charge in [0.1, 0.15) is 9.49 Å². The first-order chi connectivity index (χ1) is 20.4. The Morgan fingerprint density at radius 1 is 0.738 bits per heavy atom. The molecular formula is C34H30N2O4S2. The van der Waals surface area contributed by atoms with Gasteiger partial charge in [0.25, 0.3) is 0 Å². The lowest BCUT2D eigenvalue weighted by Crippen LogP contribution is -2.43. The maximum Gasteiger partial charge on any atom is 0.322 e. The van der Waals surface area contributed by atoms with Crippen molar-refractivity contribution < 1.29 is 19.4 Å². The molecule has 0 aromatic heterocycles. The lowest BCUT2D eigenvalue weighted by molar-refractivity contribution is -0.148. The largest absolute Gasteiger partial charge is 0.480 e. The van der Waals surface area contributed by atoms with Crippen molar-refractivity contribution in [1.29, 1.82) is 10.5 Å². The molecule has 0 bridgehead atoms. The highest BCUT2D eigenvalue weighted by Crippen LogP contribution is 2.51. The molecule has 0 amide bonds. The number of thioether (sulfide) groups is 2. The van der Waals surface area contributed by atoms with Crippen molar-refractivity contribution >= 4 is 57.0 Å². The van der Waals surface area contributed by atoms with E-state index in [1.165, 1.54) is 11.8 Å². The Morgan fingerprint density at radius 3 is 1.52 bits per heavy atom. The maximum atomic E-state index is 12.3. The van der Waals surface area contributed by atoms with Crippen LogP contribution in [-0.2, 0) is 14.3 Å². The lowest BCUT2D eigenvalue weighted by atomic mass is 9.84. The standard InChI is InChI=1S/C18H17NO2S.C16H13NO2S/c1-2-21-17(20)18(10-5-11-18)22-16-9-8-13(12-19)14-6-3-4-7-15(14)16;17-10-11-6-7-14(13-5-2-1-4-12(11)13)20-16(15(18)19)8-3-9-16/h3-4,6-9H,2,5,10-11H2,1H3;1-2,4-7H,3,8-9H2,(H,18,19). The van der Waals surface area contributed by atoms with Crippen molar-refractivity contribution in [2.24, 2.45) is 0 Å². The highest BCUT2D eigenvalue weighted by atomic mass is 32.2. The van der Waals surface area contributed by atoms with Gasteiger partial charge in [-0.3, -0.25) is 9.59 Å². The van der Waals surface area contributed by atoms with Gasteiger partial charge in [0, 0.05) is 20.6 Å². The molecule has 4 aromatic carbocycles. The van der Waals surface area contributed by atoms with Gasteiger partial charge in [-0.15, -0.1) is 23.5 Å². The molecule has 0 spiro atoms. The number of benzene rings is 4. The molecule has 0 aliphatic heterocycles. The Kier molecular flexibility index (Phi) is 8.77. The van der Waals surface area contributed by atoms with Crippen LogP contribution in [0, 0.1) is 22.7 Å². The fourth-order valence-corrected chi connectivity index (χ4v) is 8.21. The zero-order chi connectivity index (χ0) is 29.7. The van der Waals surface area contributed by atoms with Crippen molar-refractivity contribution in [3.05, 3.63) is 83.9 Å². The van der Waals surface area contributed by atoms with E-state index in [2.05, 4.69) is 12.1 Å². The molecular weight excluding hydrogens is 565 g/mol. The summed E-state index contributed by atoms with van der Waals surface area (Å²) in [6, 6.07) is 27.4. The summed E-state index contributed by atoms with van der Waals surface area (Å²) in [6.45, 7) is 2.25. The number of nitrogens with zero attached hydrogens (tertiary/aromatic N) is 2. The molecule has 212 valence electrons. The number of carboxylic acid groups (broad SMARTS) is 1. The SMILES string of the molecule is CCOC(=O)C1(Sc2ccc(C#N)c3ccccc23)CCC1.N#Cc1ccc(SC2(C(=O)O)CCC2)c2ccccc12. The molecule has 2 aliphatic rings. The first-order valence-corrected chi connectivity index (χ1v) is 15.6. The number of ether oxygens (including phenoxy) is 1. The zero-order valence-corrected chi connectivity index (χ0v) is 24.9. The number of carbonyl (C=O) groups excluding carboxylic acids is 1. The number of carboxylic acids is 1. The first kappa shape index (κ1) is 29.5. The van der Waals surface area contributed by atoms with Crippen LogP contribution in [0.5, 0.6) is 0 Å². The van der Waals surface area contributed by atoms with E-state index in [9.17, 15) is 20.0 Å². The van der Waals surface area contributed by atoms with Gasteiger partial charge in [0.15, 0.2) is 0 Å². The topological polar surface area (TPSA) is 111 Å². The first-order valence-electron chi connectivity index (χ1n) is 14.0. The van der Waals surface area contributed by atoms with Crippen molar-refractivity contribution in [3.63, 3.8) is 0 Å². The van der Waals surface area contributed by atoms with E-state index in [0.29, 0.717) is 30.6 Å². The van der Waals surface area contributed by atoms with E-state index < -0.39 is 15.5 Å². The molecule has 0 radical (unpaired) electrons. The molecule has 0 unspecified atom stereocenters. The Hall–Kier alpha value is -3.98. The van der Waals surface area contributed by atoms with Gasteiger partial charge in [0.2, 0.25) is 0 Å². The molecule has 2 saturated carbocycles. The van der Waals surface area contributed by atoms with E-state index in [1.54, 1.807) is 17.8 Å². The predicted molar refractivity (Wildman–Crippen MR) is 166 cm³/mol. The number of carbonyl (C=O) groups is 2. The highest BCUT2D eigenvalue weighted by molar-refractivity contribution is 8.02. The summed E-state index contributed by atoms with van der Waals surface area (Å²) in [5, 5.41) is 31.7. The third kappa shape index (κ3) is 5.57. The average molecular weight is 595 g/mol. The van der Waals surface area contributed by atoms with Gasteiger partial charge in [-0.1, -0.05) is 48.5 Å². The second-order valence-corrected chi connectivity index (χ2v) is 13.3. The minimum Gasteiger partial charge on any atom is -0.480 e. The fraction of sp³-hybridized carbons (Fsp3) is 0.294. The van der Waals surface area contributed by atoms with Crippen LogP contribution in [0.2, 0.25) is 0 Å². The van der Waals surface area contributed by atoms with Crippen molar-refractivity contribution in [3.8, 4) is 12.1 Å². The van der Waals surface area contributed by atoms with E-state index in [4.69, 9.17) is 10.00 Å². The summed E-state index contributed by atoms with van der Waals surface area (Å²) in [6.07, 6.45) is 5.14. The summed E-state index contributed by atoms with van der Waals surface area (Å²) in [5.74, 6) is -0.845. The molecule has 42 heavy (non-hydrogen) atoms. The molecule has 2 aliphatic carbocycles. The normalized spacial score (nSPS) is 16.1. The van der Waals surface area contributed by atoms with Crippen LogP contribution in [0.15, 0.2) is 82.6 Å². The van der Waals surface area contributed by atoms with Gasteiger partial charge in [-0.2, -0.15) is 10.5 Å². The second kappa shape index (κ2) is 12.5. The van der Waals surface area contributed by atoms with Gasteiger partial charge in [0.05, 0.1) is 29.9 Å². The summed E-state index contributed by atoms with van der Waals surface area (Å²) in [5.41, 5.74) is 1.29. The van der Waals surface area contributed by atoms with E-state index >= 15 is 0 Å². The number of aliphatic carboxylic acids is 1. The van der Waals surface area contributed by atoms with Gasteiger partial charge in [-0.25, -0.2) is 0 Å². The van der Waals surface area contributed by atoms with Crippen LogP contribution in [-0.4, -0.2) is 33.1 Å². The zero-order valence-electron chi connectivity index (χ0n) is 23.3. The van der Waals surface area contributed by atoms with Crippen LogP contribution in [0.4, 0.5) is 0 Å². The van der Waals surface area contributed by atoms with E-state index in [1.807, 2.05) is 73.7 Å². The molecule has 8 heteroatoms. The van der Waals surface area contributed by atoms with Crippen LogP contribution < -0.4 is 0 Å². The minimum atomic E-state index is -0.734. The molecule has 4 aromatic rings. The summed E-state index contributed by atoms with van der Waals surface area (Å²) in [4.78, 5) is 25.8. The Labute approximate surface area is 253 Å². The van der Waals surface area contributed by atoms with Gasteiger partial charge >= 0.3 is 11.9 Å². The molecule has 0 heterocycles. The molecule has 6 nitrogen and oxygen atoms in total. The summed E-state index contributed by atoms with van der Waals surface area (Å²) >= 11 is 3.02. The Morgan fingerprint density at radius 2 is 1.17 bits per heavy atom. The lowest BCUT2D eigenvalue weighted by Gasteiger charge is -2.38. The number of hydrogen-bond donors (Lipinski definition) is 1. The third-order valence-electron chi connectivity index (χ3n) is 7.98. The quantitative estimate of drug-likeness (QED) is 0.214. The van der Waals surface area contributed by atoms with Gasteiger partial charge < -0.3 is 9.84 Å². The predicted octanol–water partition coefficient (Wildman–Crippen LogP) is 8.10. The smallest absolute Gasteiger partial charge is 0.322 e. The number of esters is 1. The van der Waals surface area contributed by atoms with Crippen molar-refractivity contribution in [2.75, 3.05) is 6.61 Å². The average Bonchev–Trinajstić information content (AvgIpc) is 2.97. The molecule has 2 fully saturated rings. The maximum absolute atomic E-state index is 12.3. The van der Waals surface area contributed by atoms with Crippen molar-refractivity contribution in [1.82, 2.24) is 0 Å². The van der Waals surface area contributed by atoms with E-state index in [-0.39, 0.29) is 5.97 Å². The third-order valence-corrected chi connectivity index (χ3v) is 11.1. The molecule has 0 atom stereocenters. The monoisotopic (exact) mass is 594 g/mol. The number of rotatable bonds is 7. The van der Waals surface area contributed by atoms with Crippen LogP contribution >= 0.6 is 23.5 Å². The van der Waals surface area contributed by atoms with Crippen molar-refractivity contribution in [2.45, 2.75) is 64.7 Å². The molecule has 0 saturated heterocycles. The van der Waals surface area contributed by atoms with Crippen LogP contribution in [0.3, 0.4) is 0 Å². The summed E-state index contributed by atoms with van der Waals surface area (Å²) in [7, 11) is 0. The Bertz CT molecular complexity index is 1750. The minimum absolute atomic E-state index is 0.111. The fourth-order valence-electron chi connectivity index (χ4n) is 5.30. The Balaban J connectivity index is 0.000000169. The van der Waals surface area contributed by atoms with Crippen LogP contribution in [0.1, 0.15) is 56.6 Å². The number of nitriles is 2. The highest BCUT2D eigenvalue weighted by Gasteiger charge is 2.47. The molecule has 1 N–H and O–H groups in total. The van der Waals surface area contributed by atoms with Crippen LogP contribution in [0.25, 0.3) is 21.5 Å².